The minimum atomic E-state index is -0.434. The lowest BCUT2D eigenvalue weighted by Gasteiger charge is -2.12. The molecule has 0 aliphatic rings. The van der Waals surface area contributed by atoms with E-state index in [1.165, 1.54) is 0 Å². The Kier molecular flexibility index (Phi) is 6.88. The molecule has 0 bridgehead atoms. The minimum absolute atomic E-state index is 0.0224. The Balaban J connectivity index is 2.51. The lowest BCUT2D eigenvalue weighted by atomic mass is 10.1. The Labute approximate surface area is 126 Å². The molecule has 5 heteroatoms. The molecular weight excluding hydrogens is 266 g/mol. The largest absolute Gasteiger partial charge is 0.354 e. The number of carbonyl (C=O) groups is 2. The fraction of sp³-hybridized carbons (Fsp3) is 0.500. The van der Waals surface area contributed by atoms with Gasteiger partial charge in [0, 0.05) is 26.2 Å². The summed E-state index contributed by atoms with van der Waals surface area (Å²) in [6.45, 7) is 2.52. The minimum Gasteiger partial charge on any atom is -0.354 e. The van der Waals surface area contributed by atoms with Crippen molar-refractivity contribution in [2.45, 2.75) is 32.2 Å². The molecule has 0 saturated heterocycles. The van der Waals surface area contributed by atoms with Crippen molar-refractivity contribution in [3.05, 3.63) is 35.4 Å². The number of benzene rings is 1. The second-order valence-electron chi connectivity index (χ2n) is 5.34. The zero-order chi connectivity index (χ0) is 15.8. The van der Waals surface area contributed by atoms with Crippen LogP contribution < -0.4 is 11.1 Å². The smallest absolute Gasteiger partial charge is 0.253 e. The van der Waals surface area contributed by atoms with Gasteiger partial charge in [-0.1, -0.05) is 25.5 Å². The van der Waals surface area contributed by atoms with Crippen molar-refractivity contribution in [1.29, 1.82) is 0 Å². The summed E-state index contributed by atoms with van der Waals surface area (Å²) >= 11 is 0. The molecule has 1 atom stereocenters. The van der Waals surface area contributed by atoms with Gasteiger partial charge in [0.1, 0.15) is 0 Å². The number of amides is 2. The fourth-order valence-electron chi connectivity index (χ4n) is 2.02. The predicted molar refractivity (Wildman–Crippen MR) is 84.1 cm³/mol. The van der Waals surface area contributed by atoms with Gasteiger partial charge in [-0.05, 0) is 30.5 Å². The van der Waals surface area contributed by atoms with Gasteiger partial charge in [0.25, 0.3) is 5.91 Å². The van der Waals surface area contributed by atoms with Crippen molar-refractivity contribution in [2.24, 2.45) is 5.73 Å². The van der Waals surface area contributed by atoms with Gasteiger partial charge in [-0.3, -0.25) is 9.59 Å². The zero-order valence-corrected chi connectivity index (χ0v) is 13.1. The molecule has 116 valence electrons. The molecule has 0 radical (unpaired) electrons. The molecule has 0 aliphatic carbocycles. The summed E-state index contributed by atoms with van der Waals surface area (Å²) in [5.74, 6) is -0.136. The molecule has 2 amide bonds. The average Bonchev–Trinajstić information content (AvgIpc) is 2.46. The van der Waals surface area contributed by atoms with Crippen LogP contribution in [0.1, 0.15) is 35.7 Å². The van der Waals surface area contributed by atoms with Gasteiger partial charge in [-0.25, -0.2) is 0 Å². The Bertz CT molecular complexity index is 486. The van der Waals surface area contributed by atoms with Crippen molar-refractivity contribution >= 4 is 11.8 Å². The highest BCUT2D eigenvalue weighted by molar-refractivity contribution is 5.94. The molecule has 1 rings (SSSR count). The van der Waals surface area contributed by atoms with Gasteiger partial charge >= 0.3 is 0 Å². The third-order valence-electron chi connectivity index (χ3n) is 3.23. The highest BCUT2D eigenvalue weighted by atomic mass is 16.2. The molecule has 0 aromatic heterocycles. The van der Waals surface area contributed by atoms with E-state index in [0.717, 1.165) is 12.0 Å². The quantitative estimate of drug-likeness (QED) is 0.792. The van der Waals surface area contributed by atoms with E-state index < -0.39 is 6.04 Å². The molecule has 1 aromatic rings. The van der Waals surface area contributed by atoms with Gasteiger partial charge in [-0.2, -0.15) is 0 Å². The molecule has 1 aromatic carbocycles. The van der Waals surface area contributed by atoms with Crippen LogP contribution in [0.3, 0.4) is 0 Å². The lowest BCUT2D eigenvalue weighted by molar-refractivity contribution is -0.122. The summed E-state index contributed by atoms with van der Waals surface area (Å²) in [7, 11) is 3.45. The summed E-state index contributed by atoms with van der Waals surface area (Å²) in [6.07, 6.45) is 2.26. The van der Waals surface area contributed by atoms with E-state index in [-0.39, 0.29) is 11.8 Å². The van der Waals surface area contributed by atoms with Gasteiger partial charge in [0.2, 0.25) is 5.91 Å². The van der Waals surface area contributed by atoms with Crippen LogP contribution >= 0.6 is 0 Å². The van der Waals surface area contributed by atoms with Gasteiger partial charge in [0.15, 0.2) is 0 Å². The number of nitrogens with two attached hydrogens (primary N) is 1. The van der Waals surface area contributed by atoms with Crippen molar-refractivity contribution in [1.82, 2.24) is 10.2 Å². The van der Waals surface area contributed by atoms with Crippen molar-refractivity contribution in [3.63, 3.8) is 0 Å². The highest BCUT2D eigenvalue weighted by Gasteiger charge is 2.11. The predicted octanol–water partition coefficient (Wildman–Crippen LogP) is 1.17. The Morgan fingerprint density at radius 3 is 2.67 bits per heavy atom. The first-order valence-electron chi connectivity index (χ1n) is 7.29. The van der Waals surface area contributed by atoms with Crippen LogP contribution in [0.4, 0.5) is 0 Å². The fourth-order valence-corrected chi connectivity index (χ4v) is 2.02. The molecular formula is C16H25N3O2. The topological polar surface area (TPSA) is 75.4 Å². The molecule has 3 N–H and O–H groups in total. The van der Waals surface area contributed by atoms with Gasteiger partial charge in [-0.15, -0.1) is 0 Å². The maximum absolute atomic E-state index is 11.9. The molecule has 1 unspecified atom stereocenters. The van der Waals surface area contributed by atoms with E-state index >= 15 is 0 Å². The van der Waals surface area contributed by atoms with Gasteiger partial charge in [0.05, 0.1) is 6.04 Å². The van der Waals surface area contributed by atoms with Crippen LogP contribution in [-0.2, 0) is 11.2 Å². The average molecular weight is 291 g/mol. The van der Waals surface area contributed by atoms with Crippen LogP contribution in [0.2, 0.25) is 0 Å². The molecule has 0 spiro atoms. The van der Waals surface area contributed by atoms with Crippen LogP contribution in [-0.4, -0.2) is 43.4 Å². The van der Waals surface area contributed by atoms with Gasteiger partial charge < -0.3 is 16.0 Å². The number of nitrogens with zero attached hydrogens (tertiary/aromatic N) is 1. The number of hydrogen-bond donors (Lipinski definition) is 2. The molecule has 0 fully saturated rings. The Hall–Kier alpha value is -1.88. The van der Waals surface area contributed by atoms with E-state index in [0.29, 0.717) is 24.9 Å². The summed E-state index contributed by atoms with van der Waals surface area (Å²) < 4.78 is 0. The summed E-state index contributed by atoms with van der Waals surface area (Å²) in [5, 5.41) is 2.83. The van der Waals surface area contributed by atoms with E-state index in [2.05, 4.69) is 5.32 Å². The summed E-state index contributed by atoms with van der Waals surface area (Å²) in [4.78, 5) is 25.1. The first kappa shape index (κ1) is 17.2. The third kappa shape index (κ3) is 5.55. The van der Waals surface area contributed by atoms with Crippen LogP contribution in [0, 0.1) is 0 Å². The van der Waals surface area contributed by atoms with E-state index in [4.69, 9.17) is 5.73 Å². The SMILES string of the molecule is CCCC(N)C(=O)NCCc1cccc(C(=O)N(C)C)c1. The van der Waals surface area contributed by atoms with Crippen molar-refractivity contribution < 1.29 is 9.59 Å². The first-order chi connectivity index (χ1) is 9.95. The third-order valence-corrected chi connectivity index (χ3v) is 3.23. The van der Waals surface area contributed by atoms with E-state index in [9.17, 15) is 9.59 Å². The zero-order valence-electron chi connectivity index (χ0n) is 13.1. The molecule has 0 saturated carbocycles. The molecule has 5 nitrogen and oxygen atoms in total. The lowest BCUT2D eigenvalue weighted by Crippen LogP contribution is -2.41. The van der Waals surface area contributed by atoms with E-state index in [1.54, 1.807) is 25.1 Å². The van der Waals surface area contributed by atoms with Crippen LogP contribution in [0.15, 0.2) is 24.3 Å². The Morgan fingerprint density at radius 2 is 2.05 bits per heavy atom. The maximum atomic E-state index is 11.9. The van der Waals surface area contributed by atoms with E-state index in [1.807, 2.05) is 25.1 Å². The second-order valence-corrected chi connectivity index (χ2v) is 5.34. The van der Waals surface area contributed by atoms with Crippen LogP contribution in [0.25, 0.3) is 0 Å². The Morgan fingerprint density at radius 1 is 1.33 bits per heavy atom. The number of carbonyl (C=O) groups excluding carboxylic acids is 2. The standard InChI is InChI=1S/C16H25N3O2/c1-4-6-14(17)15(20)18-10-9-12-7-5-8-13(11-12)16(21)19(2)3/h5,7-8,11,14H,4,6,9-10,17H2,1-3H3,(H,18,20). The monoisotopic (exact) mass is 291 g/mol. The summed E-state index contributed by atoms with van der Waals surface area (Å²) in [5.41, 5.74) is 7.42. The molecule has 0 heterocycles. The number of hydrogen-bond acceptors (Lipinski definition) is 3. The van der Waals surface area contributed by atoms with Crippen molar-refractivity contribution in [2.75, 3.05) is 20.6 Å². The summed E-state index contributed by atoms with van der Waals surface area (Å²) in [6, 6.07) is 7.03. The normalized spacial score (nSPS) is 11.8. The second kappa shape index (κ2) is 8.42. The maximum Gasteiger partial charge on any atom is 0.253 e. The molecule has 0 aliphatic heterocycles. The van der Waals surface area contributed by atoms with Crippen molar-refractivity contribution in [3.8, 4) is 0 Å². The number of nitrogens with one attached hydrogen (secondary N) is 1. The van der Waals surface area contributed by atoms with Crippen LogP contribution in [0.5, 0.6) is 0 Å². The molecule has 21 heavy (non-hydrogen) atoms. The highest BCUT2D eigenvalue weighted by Crippen LogP contribution is 2.07. The first-order valence-corrected chi connectivity index (χ1v) is 7.29. The number of rotatable bonds is 7.